The molecule has 0 aliphatic carbocycles. The van der Waals surface area contributed by atoms with Crippen molar-refractivity contribution in [3.8, 4) is 0 Å². The largest absolute Gasteiger partial charge is 0.389 e. The van der Waals surface area contributed by atoms with Gasteiger partial charge >= 0.3 is 0 Å². The van der Waals surface area contributed by atoms with E-state index in [4.69, 9.17) is 0 Å². The van der Waals surface area contributed by atoms with Gasteiger partial charge in [0, 0.05) is 19.3 Å². The summed E-state index contributed by atoms with van der Waals surface area (Å²) in [5.74, 6) is 1.02. The molecule has 0 spiro atoms. The van der Waals surface area contributed by atoms with Gasteiger partial charge in [0.15, 0.2) is 0 Å². The average Bonchev–Trinajstić information content (AvgIpc) is 2.59. The van der Waals surface area contributed by atoms with Gasteiger partial charge in [-0.15, -0.1) is 0 Å². The molecule has 1 saturated heterocycles. The summed E-state index contributed by atoms with van der Waals surface area (Å²) in [7, 11) is 0. The van der Waals surface area contributed by atoms with Crippen LogP contribution in [0.1, 0.15) is 38.9 Å². The first-order valence-electron chi connectivity index (χ1n) is 5.87. The van der Waals surface area contributed by atoms with Gasteiger partial charge < -0.3 is 10.0 Å². The third kappa shape index (κ3) is 2.35. The lowest BCUT2D eigenvalue weighted by molar-refractivity contribution is 0.199. The minimum Gasteiger partial charge on any atom is -0.389 e. The molecule has 0 radical (unpaired) electrons. The lowest BCUT2D eigenvalue weighted by Crippen LogP contribution is -2.23. The zero-order valence-corrected chi connectivity index (χ0v) is 10.3. The van der Waals surface area contributed by atoms with Crippen molar-refractivity contribution in [2.75, 3.05) is 18.0 Å². The number of nitrogens with zero attached hydrogens (tertiary/aromatic N) is 2. The van der Waals surface area contributed by atoms with Crippen molar-refractivity contribution in [3.63, 3.8) is 0 Å². The molecule has 1 atom stereocenters. The van der Waals surface area contributed by atoms with Crippen LogP contribution in [0.15, 0.2) is 18.3 Å². The predicted molar refractivity (Wildman–Crippen MR) is 65.5 cm³/mol. The van der Waals surface area contributed by atoms with E-state index in [0.717, 1.165) is 24.5 Å². The van der Waals surface area contributed by atoms with E-state index in [1.54, 1.807) is 13.1 Å². The Morgan fingerprint density at radius 3 is 2.62 bits per heavy atom. The quantitative estimate of drug-likeness (QED) is 0.831. The lowest BCUT2D eigenvalue weighted by atomic mass is 9.93. The van der Waals surface area contributed by atoms with E-state index in [1.807, 2.05) is 12.1 Å². The predicted octanol–water partition coefficient (Wildman–Crippen LogP) is 2.37. The molecule has 1 fully saturated rings. The molecule has 2 heterocycles. The van der Waals surface area contributed by atoms with Crippen molar-refractivity contribution in [1.29, 1.82) is 0 Å². The maximum absolute atomic E-state index is 9.41. The van der Waals surface area contributed by atoms with Gasteiger partial charge in [0.2, 0.25) is 0 Å². The van der Waals surface area contributed by atoms with E-state index >= 15 is 0 Å². The van der Waals surface area contributed by atoms with Crippen LogP contribution >= 0.6 is 0 Å². The highest BCUT2D eigenvalue weighted by Crippen LogP contribution is 2.31. The Labute approximate surface area is 97.1 Å². The van der Waals surface area contributed by atoms with E-state index in [2.05, 4.69) is 23.7 Å². The second-order valence-corrected chi connectivity index (χ2v) is 5.46. The van der Waals surface area contributed by atoms with Crippen molar-refractivity contribution < 1.29 is 5.11 Å². The van der Waals surface area contributed by atoms with Crippen LogP contribution in [0.4, 0.5) is 5.82 Å². The molecular weight excluding hydrogens is 200 g/mol. The summed E-state index contributed by atoms with van der Waals surface area (Å²) >= 11 is 0. The number of aliphatic hydroxyl groups is 1. The van der Waals surface area contributed by atoms with Crippen LogP contribution < -0.4 is 4.90 Å². The number of rotatable bonds is 2. The zero-order chi connectivity index (χ0) is 11.8. The topological polar surface area (TPSA) is 36.4 Å². The normalized spacial score (nSPS) is 21.1. The van der Waals surface area contributed by atoms with E-state index in [9.17, 15) is 5.11 Å². The number of anilines is 1. The molecule has 1 aromatic rings. The van der Waals surface area contributed by atoms with Gasteiger partial charge in [-0.3, -0.25) is 0 Å². The Morgan fingerprint density at radius 2 is 2.19 bits per heavy atom. The Bertz CT molecular complexity index is 357. The molecule has 88 valence electrons. The van der Waals surface area contributed by atoms with Gasteiger partial charge in [-0.05, 0) is 30.4 Å². The van der Waals surface area contributed by atoms with E-state index < -0.39 is 6.10 Å². The molecule has 1 aliphatic heterocycles. The molecule has 1 unspecified atom stereocenters. The Hall–Kier alpha value is -1.09. The maximum Gasteiger partial charge on any atom is 0.128 e. The molecule has 0 bridgehead atoms. The lowest BCUT2D eigenvalue weighted by Gasteiger charge is -2.20. The standard InChI is InChI=1S/C13H20N2O/c1-10(16)11-4-5-12(14-8-11)15-7-6-13(2,3)9-15/h4-5,8,10,16H,6-7,9H2,1-3H3. The number of hydrogen-bond donors (Lipinski definition) is 1. The van der Waals surface area contributed by atoms with Crippen molar-refractivity contribution in [3.05, 3.63) is 23.9 Å². The summed E-state index contributed by atoms with van der Waals surface area (Å²) in [4.78, 5) is 6.72. The number of pyridine rings is 1. The zero-order valence-electron chi connectivity index (χ0n) is 10.3. The highest BCUT2D eigenvalue weighted by molar-refractivity contribution is 5.41. The number of aromatic nitrogens is 1. The first-order chi connectivity index (χ1) is 7.48. The van der Waals surface area contributed by atoms with Crippen molar-refractivity contribution in [1.82, 2.24) is 4.98 Å². The molecule has 16 heavy (non-hydrogen) atoms. The summed E-state index contributed by atoms with van der Waals surface area (Å²) in [6, 6.07) is 3.96. The van der Waals surface area contributed by atoms with Crippen LogP contribution in [0.5, 0.6) is 0 Å². The second-order valence-electron chi connectivity index (χ2n) is 5.46. The smallest absolute Gasteiger partial charge is 0.128 e. The second kappa shape index (κ2) is 4.06. The third-order valence-corrected chi connectivity index (χ3v) is 3.25. The summed E-state index contributed by atoms with van der Waals surface area (Å²) in [6.45, 7) is 8.48. The van der Waals surface area contributed by atoms with Crippen LogP contribution in [-0.2, 0) is 0 Å². The van der Waals surface area contributed by atoms with Gasteiger partial charge in [0.05, 0.1) is 6.10 Å². The first-order valence-corrected chi connectivity index (χ1v) is 5.87. The minimum atomic E-state index is -0.434. The molecule has 1 aromatic heterocycles. The summed E-state index contributed by atoms with van der Waals surface area (Å²) < 4.78 is 0. The van der Waals surface area contributed by atoms with Crippen LogP contribution in [0.3, 0.4) is 0 Å². The summed E-state index contributed by atoms with van der Waals surface area (Å²) in [5, 5.41) is 9.41. The molecule has 1 aliphatic rings. The summed E-state index contributed by atoms with van der Waals surface area (Å²) in [5.41, 5.74) is 1.27. The van der Waals surface area contributed by atoms with Crippen LogP contribution in [0.2, 0.25) is 0 Å². The average molecular weight is 220 g/mol. The van der Waals surface area contributed by atoms with Crippen LogP contribution in [-0.4, -0.2) is 23.2 Å². The van der Waals surface area contributed by atoms with Crippen LogP contribution in [0.25, 0.3) is 0 Å². The van der Waals surface area contributed by atoms with Crippen molar-refractivity contribution in [2.45, 2.75) is 33.3 Å². The molecular formula is C13H20N2O. The molecule has 0 aromatic carbocycles. The van der Waals surface area contributed by atoms with Gasteiger partial charge in [0.25, 0.3) is 0 Å². The fourth-order valence-electron chi connectivity index (χ4n) is 2.14. The van der Waals surface area contributed by atoms with Gasteiger partial charge in [-0.1, -0.05) is 19.9 Å². The Balaban J connectivity index is 2.11. The highest BCUT2D eigenvalue weighted by atomic mass is 16.3. The number of aliphatic hydroxyl groups excluding tert-OH is 1. The molecule has 0 amide bonds. The fourth-order valence-corrected chi connectivity index (χ4v) is 2.14. The monoisotopic (exact) mass is 220 g/mol. The molecule has 3 heteroatoms. The maximum atomic E-state index is 9.41. The highest BCUT2D eigenvalue weighted by Gasteiger charge is 2.29. The minimum absolute atomic E-state index is 0.393. The molecule has 3 nitrogen and oxygen atoms in total. The Morgan fingerprint density at radius 1 is 1.44 bits per heavy atom. The summed E-state index contributed by atoms with van der Waals surface area (Å²) in [6.07, 6.45) is 2.55. The van der Waals surface area contributed by atoms with Gasteiger partial charge in [0.1, 0.15) is 5.82 Å². The SMILES string of the molecule is CC(O)c1ccc(N2CCC(C)(C)C2)nc1. The third-order valence-electron chi connectivity index (χ3n) is 3.25. The van der Waals surface area contributed by atoms with Gasteiger partial charge in [-0.2, -0.15) is 0 Å². The van der Waals surface area contributed by atoms with Crippen LogP contribution in [0, 0.1) is 5.41 Å². The molecule has 1 N–H and O–H groups in total. The van der Waals surface area contributed by atoms with Crippen molar-refractivity contribution >= 4 is 5.82 Å². The fraction of sp³-hybridized carbons (Fsp3) is 0.615. The Kier molecular flexibility index (Phi) is 2.89. The van der Waals surface area contributed by atoms with Crippen molar-refractivity contribution in [2.24, 2.45) is 5.41 Å². The van der Waals surface area contributed by atoms with E-state index in [1.165, 1.54) is 6.42 Å². The van der Waals surface area contributed by atoms with E-state index in [0.29, 0.717) is 5.41 Å². The molecule has 0 saturated carbocycles. The number of hydrogen-bond acceptors (Lipinski definition) is 3. The molecule has 2 rings (SSSR count). The first kappa shape index (κ1) is 11.4. The van der Waals surface area contributed by atoms with E-state index in [-0.39, 0.29) is 0 Å². The van der Waals surface area contributed by atoms with Gasteiger partial charge in [-0.25, -0.2) is 4.98 Å².